The predicted molar refractivity (Wildman–Crippen MR) is 365 cm³/mol. The van der Waals surface area contributed by atoms with E-state index in [1.165, 1.54) is 33.3 Å². The quantitative estimate of drug-likeness (QED) is 0.0522. The van der Waals surface area contributed by atoms with Crippen molar-refractivity contribution in [2.24, 2.45) is 0 Å². The average molecular weight is 1340 g/mol. The van der Waals surface area contributed by atoms with E-state index < -0.39 is 68.8 Å². The number of ether oxygens (including phenoxy) is 3. The number of nitrogens with one attached hydrogen (secondary N) is 1. The molecule has 18 nitrogen and oxygen atoms in total. The van der Waals surface area contributed by atoms with Gasteiger partial charge in [-0.1, -0.05) is 84.9 Å². The Morgan fingerprint density at radius 3 is 1.37 bits per heavy atom. The van der Waals surface area contributed by atoms with E-state index in [-0.39, 0.29) is 75.4 Å². The molecule has 6 aromatic carbocycles. The number of rotatable bonds is 16. The second-order valence-corrected chi connectivity index (χ2v) is 26.6. The molecule has 512 valence electrons. The molecular weight excluding hydrogens is 1250 g/mol. The number of methoxy groups -OCH3 is 2. The fraction of sp³-hybridized carbons (Fsp3) is 0.387. The number of aromatic carboxylic acids is 2. The third kappa shape index (κ3) is 13.4. The molecule has 8 aromatic rings. The van der Waals surface area contributed by atoms with Crippen molar-refractivity contribution in [2.45, 2.75) is 130 Å². The first-order chi connectivity index (χ1) is 46.0. The molecule has 2 aliphatic heterocycles. The van der Waals surface area contributed by atoms with Gasteiger partial charge in [-0.15, -0.1) is 0 Å². The molecule has 4 N–H and O–H groups in total. The molecule has 4 heterocycles. The maximum absolute atomic E-state index is 16.3. The number of esters is 1. The van der Waals surface area contributed by atoms with E-state index in [0.29, 0.717) is 95.4 Å². The molecule has 0 bridgehead atoms. The summed E-state index contributed by atoms with van der Waals surface area (Å²) in [5, 5.41) is 32.1. The van der Waals surface area contributed by atoms with E-state index in [1.54, 1.807) is 72.7 Å². The van der Waals surface area contributed by atoms with Crippen LogP contribution in [-0.2, 0) is 25.2 Å². The van der Waals surface area contributed by atoms with E-state index in [0.717, 1.165) is 36.8 Å². The number of carboxylic acids is 3. The predicted octanol–water partition coefficient (Wildman–Crippen LogP) is 13.0. The van der Waals surface area contributed by atoms with Gasteiger partial charge in [0.15, 0.2) is 23.1 Å². The standard InChI is InChI=1S/C38H41F2N3O6.C21H26FN3O4.C16H15FO2/c1-21-19-41(33-31(40)22(2)29-32(35(33)48-6)43(26-13-14-26)23(3)30(34(29)44)36(45)46)16-17-42(21)20-49-37(47)38(4,5)25-12-15-27(28(39)18-25)24-10-8-7-9-11-24;1-10-9-24(8-7-23-10)18-16(22)11(2)14-17(20(18)29-4)25(13-5-6-13)12(3)15(19(14)26)21(27)28;1-16(2,15(18)19)12-8-9-13(14(17)10-12)11-6-4-3-5-7-11/h7-12,15,18,21,26H,13-14,16-17,19-20H2,1-6H3,(H,45,46);10,13,23H,5-9H2,1-4H3,(H,27,28);3-10H,1-2H3,(H,18,19). The lowest BCUT2D eigenvalue weighted by Gasteiger charge is -2.41. The number of hydrogen-bond acceptors (Lipinski definition) is 13. The smallest absolute Gasteiger partial charge is 0.341 e. The van der Waals surface area contributed by atoms with Crippen LogP contribution in [0, 0.1) is 51.0 Å². The Morgan fingerprint density at radius 1 is 0.577 bits per heavy atom. The first-order valence-electron chi connectivity index (χ1n) is 32.4. The highest BCUT2D eigenvalue weighted by Gasteiger charge is 2.40. The summed E-state index contributed by atoms with van der Waals surface area (Å²) in [6.45, 7) is 19.9. The van der Waals surface area contributed by atoms with E-state index in [9.17, 15) is 43.4 Å². The number of hydrogen-bond donors (Lipinski definition) is 4. The number of carbonyl (C=O) groups excluding carboxylic acids is 1. The molecule has 2 unspecified atom stereocenters. The van der Waals surface area contributed by atoms with Gasteiger partial charge in [0.05, 0.1) is 46.9 Å². The van der Waals surface area contributed by atoms with Crippen molar-refractivity contribution in [3.63, 3.8) is 0 Å². The Labute approximate surface area is 559 Å². The number of carboxylic acid groups (broad SMARTS) is 3. The van der Waals surface area contributed by atoms with Gasteiger partial charge in [0.2, 0.25) is 10.9 Å². The number of aliphatic carboxylic acids is 1. The van der Waals surface area contributed by atoms with Crippen LogP contribution in [0.5, 0.6) is 11.5 Å². The summed E-state index contributed by atoms with van der Waals surface area (Å²) in [7, 11) is 2.90. The van der Waals surface area contributed by atoms with Crippen LogP contribution in [-0.4, -0.2) is 126 Å². The van der Waals surface area contributed by atoms with E-state index in [4.69, 9.17) is 19.3 Å². The number of nitrogens with zero attached hydrogens (tertiary/aromatic N) is 5. The van der Waals surface area contributed by atoms with E-state index >= 15 is 13.2 Å². The number of aryl methyl sites for hydroxylation is 2. The molecule has 0 spiro atoms. The van der Waals surface area contributed by atoms with Crippen LogP contribution in [0.3, 0.4) is 0 Å². The topological polar surface area (TPSA) is 222 Å². The highest BCUT2D eigenvalue weighted by Crippen LogP contribution is 2.49. The highest BCUT2D eigenvalue weighted by atomic mass is 19.1. The van der Waals surface area contributed by atoms with E-state index in [2.05, 4.69) is 5.32 Å². The van der Waals surface area contributed by atoms with Crippen LogP contribution >= 0.6 is 0 Å². The van der Waals surface area contributed by atoms with Crippen LogP contribution < -0.4 is 35.4 Å². The second kappa shape index (κ2) is 27.9. The van der Waals surface area contributed by atoms with Gasteiger partial charge < -0.3 is 53.8 Å². The average Bonchev–Trinajstić information content (AvgIpc) is 1.69. The molecule has 4 fully saturated rings. The third-order valence-electron chi connectivity index (χ3n) is 19.4. The molecule has 22 heteroatoms. The van der Waals surface area contributed by atoms with Gasteiger partial charge >= 0.3 is 23.9 Å². The van der Waals surface area contributed by atoms with E-state index in [1.807, 2.05) is 98.3 Å². The zero-order chi connectivity index (χ0) is 70.4. The summed E-state index contributed by atoms with van der Waals surface area (Å²) >= 11 is 0. The number of benzene rings is 6. The van der Waals surface area contributed by atoms with Crippen molar-refractivity contribution >= 4 is 57.1 Å². The molecule has 12 rings (SSSR count). The summed E-state index contributed by atoms with van der Waals surface area (Å²) in [5.74, 6) is -5.59. The highest BCUT2D eigenvalue weighted by molar-refractivity contribution is 6.01. The lowest BCUT2D eigenvalue weighted by atomic mass is 9.84. The number of fused-ring (bicyclic) bond motifs is 2. The van der Waals surface area contributed by atoms with Crippen molar-refractivity contribution in [2.75, 3.05) is 70.0 Å². The summed E-state index contributed by atoms with van der Waals surface area (Å²) < 4.78 is 82.2. The van der Waals surface area contributed by atoms with Crippen molar-refractivity contribution in [3.05, 3.63) is 186 Å². The van der Waals surface area contributed by atoms with Gasteiger partial charge in [0.1, 0.15) is 40.9 Å². The summed E-state index contributed by atoms with van der Waals surface area (Å²) in [4.78, 5) is 80.9. The number of anilines is 2. The first kappa shape index (κ1) is 70.3. The minimum Gasteiger partial charge on any atom is -0.492 e. The molecule has 2 aliphatic carbocycles. The van der Waals surface area contributed by atoms with Crippen LogP contribution in [0.2, 0.25) is 0 Å². The SMILES string of the molecule is CC(C)(C(=O)O)c1ccc(-c2ccccc2)c(F)c1.COc1c(N2CCN(COC(=O)C(C)(C)c3ccc(-c4ccccc4)c(F)c3)C(C)C2)c(F)c(C)c2c(=O)c(C(=O)O)c(C)n(C3CC3)c12.COc1c(N2CCNC(C)C2)c(F)c(C)c2c(=O)c(C(=O)O)c(C)n(C3CC3)c12. The maximum atomic E-state index is 16.3. The number of pyridine rings is 2. The maximum Gasteiger partial charge on any atom is 0.341 e. The summed E-state index contributed by atoms with van der Waals surface area (Å²) in [6, 6.07) is 27.9. The fourth-order valence-electron chi connectivity index (χ4n) is 13.4. The molecule has 2 saturated heterocycles. The lowest BCUT2D eigenvalue weighted by molar-refractivity contribution is -0.155. The van der Waals surface area contributed by atoms with Gasteiger partial charge in [-0.05, 0) is 129 Å². The molecule has 0 amide bonds. The number of aromatic nitrogens is 2. The number of carbonyl (C=O) groups is 4. The monoisotopic (exact) mass is 1330 g/mol. The van der Waals surface area contributed by atoms with Crippen molar-refractivity contribution < 1.29 is 66.3 Å². The number of piperazine rings is 2. The summed E-state index contributed by atoms with van der Waals surface area (Å²) in [5.41, 5.74) is 1.59. The Bertz CT molecular complexity index is 4550. The Morgan fingerprint density at radius 2 is 1.00 bits per heavy atom. The zero-order valence-electron chi connectivity index (χ0n) is 56.6. The second-order valence-electron chi connectivity index (χ2n) is 26.6. The largest absolute Gasteiger partial charge is 0.492 e. The molecule has 2 atom stereocenters. The third-order valence-corrected chi connectivity index (χ3v) is 19.4. The normalized spacial score (nSPS) is 16.7. The van der Waals surface area contributed by atoms with Gasteiger partial charge in [-0.2, -0.15) is 0 Å². The molecule has 2 aromatic heterocycles. The summed E-state index contributed by atoms with van der Waals surface area (Å²) in [6.07, 6.45) is 3.40. The Hall–Kier alpha value is -9.54. The Kier molecular flexibility index (Phi) is 20.2. The van der Waals surface area contributed by atoms with Crippen LogP contribution in [0.1, 0.15) is 134 Å². The molecule has 2 saturated carbocycles. The van der Waals surface area contributed by atoms with Gasteiger partial charge in [-0.25, -0.2) is 27.2 Å². The molecule has 97 heavy (non-hydrogen) atoms. The van der Waals surface area contributed by atoms with Crippen molar-refractivity contribution in [1.29, 1.82) is 0 Å². The van der Waals surface area contributed by atoms with Crippen LogP contribution in [0.15, 0.2) is 107 Å². The van der Waals surface area contributed by atoms with Gasteiger partial charge in [0.25, 0.3) is 0 Å². The zero-order valence-corrected chi connectivity index (χ0v) is 56.6. The fourth-order valence-corrected chi connectivity index (χ4v) is 13.4. The van der Waals surface area contributed by atoms with Gasteiger partial charge in [0, 0.05) is 97.1 Å². The van der Waals surface area contributed by atoms with Crippen molar-refractivity contribution in [1.82, 2.24) is 19.4 Å². The Balaban J connectivity index is 0.000000178. The van der Waals surface area contributed by atoms with Crippen LogP contribution in [0.4, 0.5) is 28.9 Å². The van der Waals surface area contributed by atoms with Crippen LogP contribution in [0.25, 0.3) is 44.1 Å². The number of halogens is 4. The first-order valence-corrected chi connectivity index (χ1v) is 32.4. The van der Waals surface area contributed by atoms with Crippen molar-refractivity contribution in [3.8, 4) is 33.8 Å². The minimum atomic E-state index is -1.34. The molecule has 4 aliphatic rings. The molecular formula is C75H82F4N6O12. The van der Waals surface area contributed by atoms with Gasteiger partial charge in [-0.3, -0.25) is 24.1 Å². The minimum absolute atomic E-state index is 0.00338. The molecule has 0 radical (unpaired) electrons. The lowest BCUT2D eigenvalue weighted by Crippen LogP contribution is -2.53.